The Bertz CT molecular complexity index is 1420. The van der Waals surface area contributed by atoms with Gasteiger partial charge in [0.05, 0.1) is 33.9 Å². The van der Waals surface area contributed by atoms with Crippen molar-refractivity contribution in [3.05, 3.63) is 52.8 Å². The van der Waals surface area contributed by atoms with E-state index in [4.69, 9.17) is 16.3 Å². The van der Waals surface area contributed by atoms with Gasteiger partial charge in [-0.05, 0) is 81.9 Å². The molecular formula is C28H30ClF3N4O3. The molecule has 0 atom stereocenters. The minimum Gasteiger partial charge on any atom is -0.492 e. The molecule has 3 aromatic rings. The summed E-state index contributed by atoms with van der Waals surface area (Å²) in [6, 6.07) is 7.86. The van der Waals surface area contributed by atoms with Crippen LogP contribution in [0.3, 0.4) is 0 Å². The average molecular weight is 563 g/mol. The lowest BCUT2D eigenvalue weighted by Crippen LogP contribution is -2.50. The quantitative estimate of drug-likeness (QED) is 0.432. The lowest BCUT2D eigenvalue weighted by atomic mass is 9.71. The summed E-state index contributed by atoms with van der Waals surface area (Å²) in [5.41, 5.74) is -0.0437. The number of likely N-dealkylation sites (tertiary alicyclic amines) is 1. The Morgan fingerprint density at radius 3 is 2.64 bits per heavy atom. The smallest absolute Gasteiger partial charge is 0.418 e. The van der Waals surface area contributed by atoms with Crippen molar-refractivity contribution in [2.24, 2.45) is 5.41 Å². The molecule has 2 aliphatic heterocycles. The number of rotatable bonds is 5. The van der Waals surface area contributed by atoms with E-state index in [1.807, 2.05) is 12.1 Å². The van der Waals surface area contributed by atoms with Gasteiger partial charge < -0.3 is 19.7 Å². The first-order valence-electron chi connectivity index (χ1n) is 13.2. The van der Waals surface area contributed by atoms with Crippen LogP contribution in [-0.2, 0) is 17.4 Å². The molecular weight excluding hydrogens is 533 g/mol. The first kappa shape index (κ1) is 26.4. The zero-order chi connectivity index (χ0) is 27.6. The maximum absolute atomic E-state index is 14.0. The lowest BCUT2D eigenvalue weighted by molar-refractivity contribution is -0.136. The first-order chi connectivity index (χ1) is 18.4. The van der Waals surface area contributed by atoms with Crippen molar-refractivity contribution in [1.82, 2.24) is 14.5 Å². The molecule has 2 N–H and O–H groups in total. The van der Waals surface area contributed by atoms with Crippen LogP contribution in [0, 0.1) is 5.41 Å². The molecule has 2 aromatic carbocycles. The molecule has 1 aliphatic carbocycles. The summed E-state index contributed by atoms with van der Waals surface area (Å²) in [6.07, 6.45) is -0.390. The standard InChI is InChI=1S/C28H30ClF3N4O3/c1-26(38)14-19(15-26)36-16-33-23-12-20(11-21(24(23)36)28(30,31)32)39-9-8-35-6-4-27(5-7-35)13-17-10-18(29)2-3-22(17)34-25(27)37/h2-3,10-12,16,19,38H,4-9,13-15H2,1H3,(H,34,37). The van der Waals surface area contributed by atoms with Gasteiger partial charge in [0.2, 0.25) is 5.91 Å². The second-order valence-corrected chi connectivity index (χ2v) is 11.9. The number of nitrogens with zero attached hydrogens (tertiary/aromatic N) is 3. The van der Waals surface area contributed by atoms with Crippen LogP contribution in [0.1, 0.15) is 49.8 Å². The summed E-state index contributed by atoms with van der Waals surface area (Å²) in [5, 5.41) is 13.7. The fourth-order valence-corrected chi connectivity index (χ4v) is 6.50. The minimum absolute atomic E-state index is 0.0188. The van der Waals surface area contributed by atoms with Crippen LogP contribution in [0.4, 0.5) is 18.9 Å². The zero-order valence-electron chi connectivity index (χ0n) is 21.5. The van der Waals surface area contributed by atoms with E-state index in [-0.39, 0.29) is 35.3 Å². The topological polar surface area (TPSA) is 79.6 Å². The molecule has 6 rings (SSSR count). The van der Waals surface area contributed by atoms with Crippen molar-refractivity contribution >= 4 is 34.2 Å². The van der Waals surface area contributed by atoms with Gasteiger partial charge in [0, 0.05) is 29.4 Å². The van der Waals surface area contributed by atoms with Crippen LogP contribution >= 0.6 is 11.6 Å². The molecule has 1 saturated carbocycles. The van der Waals surface area contributed by atoms with Gasteiger partial charge in [0.25, 0.3) is 0 Å². The molecule has 1 amide bonds. The van der Waals surface area contributed by atoms with E-state index >= 15 is 0 Å². The summed E-state index contributed by atoms with van der Waals surface area (Å²) >= 11 is 6.16. The molecule has 208 valence electrons. The highest BCUT2D eigenvalue weighted by Gasteiger charge is 2.45. The molecule has 2 fully saturated rings. The summed E-state index contributed by atoms with van der Waals surface area (Å²) in [7, 11) is 0. The summed E-state index contributed by atoms with van der Waals surface area (Å²) in [4.78, 5) is 19.3. The molecule has 1 spiro atoms. The van der Waals surface area contributed by atoms with Crippen LogP contribution in [0.5, 0.6) is 5.75 Å². The molecule has 3 heterocycles. The van der Waals surface area contributed by atoms with Crippen molar-refractivity contribution in [3.63, 3.8) is 0 Å². The van der Waals surface area contributed by atoms with Gasteiger partial charge in [-0.2, -0.15) is 13.2 Å². The molecule has 0 radical (unpaired) electrons. The number of piperidine rings is 1. The van der Waals surface area contributed by atoms with Crippen LogP contribution in [0.25, 0.3) is 11.0 Å². The second-order valence-electron chi connectivity index (χ2n) is 11.4. The monoisotopic (exact) mass is 562 g/mol. The number of hydrogen-bond donors (Lipinski definition) is 2. The number of amides is 1. The Balaban J connectivity index is 1.10. The Morgan fingerprint density at radius 2 is 1.95 bits per heavy atom. The van der Waals surface area contributed by atoms with Crippen molar-refractivity contribution in [1.29, 1.82) is 0 Å². The maximum atomic E-state index is 14.0. The van der Waals surface area contributed by atoms with Gasteiger partial charge in [-0.3, -0.25) is 9.69 Å². The Morgan fingerprint density at radius 1 is 1.21 bits per heavy atom. The third-order valence-electron chi connectivity index (χ3n) is 8.51. The Kier molecular flexibility index (Phi) is 6.35. The van der Waals surface area contributed by atoms with E-state index in [9.17, 15) is 23.1 Å². The average Bonchev–Trinajstić information content (AvgIpc) is 3.27. The number of carbonyl (C=O) groups excluding carboxylic acids is 1. The number of carbonyl (C=O) groups is 1. The number of imidazole rings is 1. The number of nitrogens with one attached hydrogen (secondary N) is 1. The van der Waals surface area contributed by atoms with Gasteiger partial charge in [0.1, 0.15) is 12.4 Å². The number of halogens is 4. The van der Waals surface area contributed by atoms with Crippen molar-refractivity contribution in [2.45, 2.75) is 56.8 Å². The number of aliphatic hydroxyl groups is 1. The number of aromatic nitrogens is 2. The van der Waals surface area contributed by atoms with Gasteiger partial charge >= 0.3 is 6.18 Å². The van der Waals surface area contributed by atoms with E-state index in [0.29, 0.717) is 56.8 Å². The van der Waals surface area contributed by atoms with E-state index in [2.05, 4.69) is 15.2 Å². The normalized spacial score (nSPS) is 24.9. The van der Waals surface area contributed by atoms with E-state index in [1.54, 1.807) is 13.0 Å². The highest BCUT2D eigenvalue weighted by atomic mass is 35.5. The number of anilines is 1. The minimum atomic E-state index is -4.58. The highest BCUT2D eigenvalue weighted by Crippen LogP contribution is 2.45. The second kappa shape index (κ2) is 9.38. The molecule has 7 nitrogen and oxygen atoms in total. The van der Waals surface area contributed by atoms with Crippen LogP contribution in [-0.4, -0.2) is 57.3 Å². The SMILES string of the molecule is CC1(O)CC(n2cnc3cc(OCCN4CCC5(CC4)Cc4cc(Cl)ccc4NC5=O)cc(C(F)(F)F)c32)C1. The van der Waals surface area contributed by atoms with Crippen LogP contribution in [0.15, 0.2) is 36.7 Å². The number of ether oxygens (including phenoxy) is 1. The van der Waals surface area contributed by atoms with E-state index in [0.717, 1.165) is 17.3 Å². The third kappa shape index (κ3) is 4.98. The Hall–Kier alpha value is -2.82. The van der Waals surface area contributed by atoms with E-state index in [1.165, 1.54) is 17.0 Å². The largest absolute Gasteiger partial charge is 0.492 e. The molecule has 1 saturated heterocycles. The van der Waals surface area contributed by atoms with Gasteiger partial charge in [-0.1, -0.05) is 11.6 Å². The maximum Gasteiger partial charge on any atom is 0.418 e. The fraction of sp³-hybridized carbons (Fsp3) is 0.500. The summed E-state index contributed by atoms with van der Waals surface area (Å²) < 4.78 is 49.4. The number of benzene rings is 2. The fourth-order valence-electron chi connectivity index (χ4n) is 6.31. The van der Waals surface area contributed by atoms with Crippen LogP contribution < -0.4 is 10.1 Å². The molecule has 11 heteroatoms. The number of fused-ring (bicyclic) bond motifs is 2. The van der Waals surface area contributed by atoms with Gasteiger partial charge in [-0.25, -0.2) is 4.98 Å². The predicted molar refractivity (Wildman–Crippen MR) is 141 cm³/mol. The van der Waals surface area contributed by atoms with Crippen LogP contribution in [0.2, 0.25) is 5.02 Å². The third-order valence-corrected chi connectivity index (χ3v) is 8.74. The van der Waals surface area contributed by atoms with E-state index < -0.39 is 22.8 Å². The molecule has 0 bridgehead atoms. The number of hydrogen-bond acceptors (Lipinski definition) is 5. The molecule has 1 aromatic heterocycles. The Labute approximate surface area is 228 Å². The van der Waals surface area contributed by atoms with Crippen molar-refractivity contribution in [3.8, 4) is 5.75 Å². The molecule has 3 aliphatic rings. The summed E-state index contributed by atoms with van der Waals surface area (Å²) in [5.74, 6) is 0.153. The molecule has 0 unspecified atom stereocenters. The van der Waals surface area contributed by atoms with Crippen molar-refractivity contribution in [2.75, 3.05) is 31.6 Å². The predicted octanol–water partition coefficient (Wildman–Crippen LogP) is 5.45. The zero-order valence-corrected chi connectivity index (χ0v) is 22.3. The lowest BCUT2D eigenvalue weighted by Gasteiger charge is -2.43. The first-order valence-corrected chi connectivity index (χ1v) is 13.6. The number of alkyl halides is 3. The summed E-state index contributed by atoms with van der Waals surface area (Å²) in [6.45, 7) is 3.81. The van der Waals surface area contributed by atoms with Gasteiger partial charge in [-0.15, -0.1) is 0 Å². The highest BCUT2D eigenvalue weighted by molar-refractivity contribution is 6.30. The van der Waals surface area contributed by atoms with Gasteiger partial charge in [0.15, 0.2) is 0 Å². The van der Waals surface area contributed by atoms with Crippen molar-refractivity contribution < 1.29 is 27.8 Å². The molecule has 39 heavy (non-hydrogen) atoms.